The summed E-state index contributed by atoms with van der Waals surface area (Å²) in [5.74, 6) is 1.28. The molecule has 108 valence electrons. The zero-order valence-electron chi connectivity index (χ0n) is 12.0. The van der Waals surface area contributed by atoms with Crippen LogP contribution in [-0.2, 0) is 11.2 Å². The highest BCUT2D eigenvalue weighted by atomic mass is 79.9. The molecule has 1 nitrogen and oxygen atoms in total. The summed E-state index contributed by atoms with van der Waals surface area (Å²) in [4.78, 5) is 0. The number of aryl methyl sites for hydroxylation is 1. The number of rotatable bonds is 1. The fourth-order valence-electron chi connectivity index (χ4n) is 4.05. The highest BCUT2D eigenvalue weighted by molar-refractivity contribution is 9.10. The quantitative estimate of drug-likeness (QED) is 0.687. The molecule has 0 spiro atoms. The van der Waals surface area contributed by atoms with E-state index in [2.05, 4.69) is 64.5 Å². The summed E-state index contributed by atoms with van der Waals surface area (Å²) in [6, 6.07) is 17.6. The van der Waals surface area contributed by atoms with Crippen LogP contribution in [0.3, 0.4) is 0 Å². The third-order valence-corrected chi connectivity index (χ3v) is 5.56. The Morgan fingerprint density at radius 2 is 1.76 bits per heavy atom. The van der Waals surface area contributed by atoms with Crippen LogP contribution in [0, 0.1) is 5.92 Å². The van der Waals surface area contributed by atoms with Crippen LogP contribution in [-0.4, -0.2) is 6.61 Å². The first kappa shape index (κ1) is 13.5. The summed E-state index contributed by atoms with van der Waals surface area (Å²) < 4.78 is 7.31. The first-order valence-corrected chi connectivity index (χ1v) is 8.57. The van der Waals surface area contributed by atoms with Gasteiger partial charge < -0.3 is 4.74 Å². The lowest BCUT2D eigenvalue weighted by Crippen LogP contribution is -2.33. The van der Waals surface area contributed by atoms with Gasteiger partial charge in [-0.1, -0.05) is 52.3 Å². The smallest absolute Gasteiger partial charge is 0.0859 e. The van der Waals surface area contributed by atoms with Gasteiger partial charge in [0.05, 0.1) is 6.10 Å². The van der Waals surface area contributed by atoms with Crippen molar-refractivity contribution in [1.82, 2.24) is 0 Å². The molecule has 2 heteroatoms. The standard InChI is InChI=1S/C19H19BrO/c20-15-8-5-14(6-9-15)19-18-10-7-13-3-1-2-4-16(13)17(18)11-12-21-19/h1-6,8-9,17-19H,7,10-12H2/t17-,18+,19+/m0/s1. The first-order valence-electron chi connectivity index (χ1n) is 7.78. The van der Waals surface area contributed by atoms with Crippen LogP contribution in [0.5, 0.6) is 0 Å². The maximum Gasteiger partial charge on any atom is 0.0859 e. The van der Waals surface area contributed by atoms with Gasteiger partial charge in [0.2, 0.25) is 0 Å². The summed E-state index contributed by atoms with van der Waals surface area (Å²) in [5, 5.41) is 0. The summed E-state index contributed by atoms with van der Waals surface area (Å²) in [6.07, 6.45) is 3.84. The third-order valence-electron chi connectivity index (χ3n) is 5.03. The van der Waals surface area contributed by atoms with Crippen molar-refractivity contribution in [3.63, 3.8) is 0 Å². The van der Waals surface area contributed by atoms with E-state index in [0.717, 1.165) is 17.5 Å². The number of halogens is 1. The molecule has 1 fully saturated rings. The maximum absolute atomic E-state index is 6.17. The number of hydrogen-bond donors (Lipinski definition) is 0. The monoisotopic (exact) mass is 342 g/mol. The van der Waals surface area contributed by atoms with Crippen molar-refractivity contribution in [2.24, 2.45) is 5.92 Å². The Kier molecular flexibility index (Phi) is 3.60. The van der Waals surface area contributed by atoms with Gasteiger partial charge in [-0.05, 0) is 59.9 Å². The molecule has 1 aliphatic carbocycles. The molecule has 21 heavy (non-hydrogen) atoms. The molecule has 1 saturated heterocycles. The lowest BCUT2D eigenvalue weighted by molar-refractivity contribution is -0.0459. The van der Waals surface area contributed by atoms with Crippen molar-refractivity contribution in [2.45, 2.75) is 31.3 Å². The minimum Gasteiger partial charge on any atom is -0.373 e. The molecule has 2 aromatic carbocycles. The van der Waals surface area contributed by atoms with Gasteiger partial charge in [0.25, 0.3) is 0 Å². The van der Waals surface area contributed by atoms with Gasteiger partial charge in [0.1, 0.15) is 0 Å². The predicted octanol–water partition coefficient (Wildman–Crippen LogP) is 5.26. The van der Waals surface area contributed by atoms with Gasteiger partial charge >= 0.3 is 0 Å². The molecule has 0 unspecified atom stereocenters. The average molecular weight is 343 g/mol. The lowest BCUT2D eigenvalue weighted by Gasteiger charge is -2.42. The maximum atomic E-state index is 6.17. The molecular formula is C19H19BrO. The molecule has 2 aromatic rings. The minimum atomic E-state index is 0.255. The average Bonchev–Trinajstić information content (AvgIpc) is 2.55. The van der Waals surface area contributed by atoms with Crippen LogP contribution >= 0.6 is 15.9 Å². The van der Waals surface area contributed by atoms with Crippen LogP contribution in [0.25, 0.3) is 0 Å². The first-order chi connectivity index (χ1) is 10.3. The molecule has 2 aliphatic rings. The largest absolute Gasteiger partial charge is 0.373 e. The van der Waals surface area contributed by atoms with Crippen LogP contribution < -0.4 is 0 Å². The number of ether oxygens (including phenoxy) is 1. The Balaban J connectivity index is 1.68. The van der Waals surface area contributed by atoms with Gasteiger partial charge in [-0.15, -0.1) is 0 Å². The van der Waals surface area contributed by atoms with Gasteiger partial charge in [-0.25, -0.2) is 0 Å². The second kappa shape index (κ2) is 5.58. The zero-order valence-corrected chi connectivity index (χ0v) is 13.6. The molecule has 0 N–H and O–H groups in total. The lowest BCUT2D eigenvalue weighted by atomic mass is 9.69. The van der Waals surface area contributed by atoms with E-state index in [1.54, 1.807) is 11.1 Å². The van der Waals surface area contributed by atoms with Crippen LogP contribution in [0.15, 0.2) is 53.0 Å². The zero-order chi connectivity index (χ0) is 14.2. The summed E-state index contributed by atoms with van der Waals surface area (Å²) in [6.45, 7) is 0.871. The van der Waals surface area contributed by atoms with E-state index >= 15 is 0 Å². The van der Waals surface area contributed by atoms with Crippen molar-refractivity contribution in [1.29, 1.82) is 0 Å². The van der Waals surface area contributed by atoms with Crippen LogP contribution in [0.4, 0.5) is 0 Å². The second-order valence-corrected chi connectivity index (χ2v) is 7.06. The molecule has 0 amide bonds. The van der Waals surface area contributed by atoms with Crippen molar-refractivity contribution in [2.75, 3.05) is 6.61 Å². The van der Waals surface area contributed by atoms with Crippen LogP contribution in [0.2, 0.25) is 0 Å². The van der Waals surface area contributed by atoms with Gasteiger partial charge in [0.15, 0.2) is 0 Å². The second-order valence-electron chi connectivity index (χ2n) is 6.14. The SMILES string of the molecule is Brc1ccc([C@H]2OCC[C@H]3c4ccccc4CC[C@@H]23)cc1. The minimum absolute atomic E-state index is 0.255. The molecule has 0 saturated carbocycles. The molecule has 0 bridgehead atoms. The topological polar surface area (TPSA) is 9.23 Å². The summed E-state index contributed by atoms with van der Waals surface area (Å²) in [7, 11) is 0. The molecule has 0 aromatic heterocycles. The molecule has 3 atom stereocenters. The Morgan fingerprint density at radius 1 is 0.952 bits per heavy atom. The summed E-state index contributed by atoms with van der Waals surface area (Å²) >= 11 is 3.52. The Hall–Kier alpha value is -1.12. The van der Waals surface area contributed by atoms with E-state index in [1.165, 1.54) is 18.4 Å². The molecule has 0 radical (unpaired) electrons. The Morgan fingerprint density at radius 3 is 2.62 bits per heavy atom. The highest BCUT2D eigenvalue weighted by Crippen LogP contribution is 2.48. The van der Waals surface area contributed by atoms with Gasteiger partial charge in [-0.2, -0.15) is 0 Å². The molecule has 4 rings (SSSR count). The number of hydrogen-bond acceptors (Lipinski definition) is 1. The molecule has 1 aliphatic heterocycles. The van der Waals surface area contributed by atoms with Crippen molar-refractivity contribution in [3.05, 3.63) is 69.7 Å². The molecule has 1 heterocycles. The van der Waals surface area contributed by atoms with Gasteiger partial charge in [-0.3, -0.25) is 0 Å². The Bertz CT molecular complexity index is 634. The highest BCUT2D eigenvalue weighted by Gasteiger charge is 2.38. The van der Waals surface area contributed by atoms with Gasteiger partial charge in [0, 0.05) is 11.1 Å². The fraction of sp³-hybridized carbons (Fsp3) is 0.368. The number of fused-ring (bicyclic) bond motifs is 3. The van der Waals surface area contributed by atoms with E-state index in [0.29, 0.717) is 11.8 Å². The molecular weight excluding hydrogens is 324 g/mol. The Labute approximate surface area is 134 Å². The fourth-order valence-corrected chi connectivity index (χ4v) is 4.32. The van der Waals surface area contributed by atoms with E-state index in [1.807, 2.05) is 0 Å². The van der Waals surface area contributed by atoms with Crippen molar-refractivity contribution in [3.8, 4) is 0 Å². The predicted molar refractivity (Wildman–Crippen MR) is 88.4 cm³/mol. The van der Waals surface area contributed by atoms with E-state index < -0.39 is 0 Å². The van der Waals surface area contributed by atoms with Crippen molar-refractivity contribution >= 4 is 15.9 Å². The third kappa shape index (κ3) is 2.45. The van der Waals surface area contributed by atoms with E-state index in [4.69, 9.17) is 4.74 Å². The normalized spacial score (nSPS) is 27.8. The van der Waals surface area contributed by atoms with E-state index in [-0.39, 0.29) is 6.10 Å². The summed E-state index contributed by atoms with van der Waals surface area (Å²) in [5.41, 5.74) is 4.45. The van der Waals surface area contributed by atoms with Crippen LogP contribution in [0.1, 0.15) is 41.6 Å². The van der Waals surface area contributed by atoms with E-state index in [9.17, 15) is 0 Å². The number of benzene rings is 2. The van der Waals surface area contributed by atoms with Crippen molar-refractivity contribution < 1.29 is 4.74 Å².